The molecule has 682 valence electrons. The van der Waals surface area contributed by atoms with Crippen LogP contribution in [-0.2, 0) is 107 Å². The van der Waals surface area contributed by atoms with E-state index in [1.54, 1.807) is 32.0 Å². The molecule has 11 aliphatic rings. The molecule has 18 atom stereocenters. The number of carbonyl (C=O) groups excluding carboxylic acids is 18. The van der Waals surface area contributed by atoms with Gasteiger partial charge in [-0.2, -0.15) is 0 Å². The van der Waals surface area contributed by atoms with E-state index in [9.17, 15) is 96.8 Å². The van der Waals surface area contributed by atoms with E-state index in [2.05, 4.69) is 57.7 Å². The van der Waals surface area contributed by atoms with Gasteiger partial charge in [-0.1, -0.05) is 80.3 Å². The molecule has 0 saturated carbocycles. The molecule has 11 aliphatic heterocycles. The number of carbonyl (C=O) groups is 18. The van der Waals surface area contributed by atoms with Gasteiger partial charge in [0.25, 0.3) is 30.1 Å². The van der Waals surface area contributed by atoms with Crippen molar-refractivity contribution in [3.05, 3.63) is 96.0 Å². The number of halogens is 1. The molecule has 2 aromatic heterocycles. The van der Waals surface area contributed by atoms with Crippen LogP contribution in [0.25, 0.3) is 10.9 Å². The van der Waals surface area contributed by atoms with Gasteiger partial charge >= 0.3 is 103 Å². The first-order valence-corrected chi connectivity index (χ1v) is 43.0. The molecule has 43 heteroatoms. The number of thioether (sulfide) groups is 1. The molecule has 1 aromatic carbocycles. The number of aromatic nitrogens is 1. The molecule has 0 spiro atoms. The Kier molecular flexibility index (Phi) is 39.3. The molecule has 5 fully saturated rings. The maximum absolute atomic E-state index is 14.7. The Morgan fingerprint density at radius 1 is 0.693 bits per heavy atom. The number of aryl methyl sites for hydroxylation is 2. The summed E-state index contributed by atoms with van der Waals surface area (Å²) in [5, 5.41) is 59.2. The van der Waals surface area contributed by atoms with Crippen LogP contribution in [0.1, 0.15) is 126 Å². The van der Waals surface area contributed by atoms with E-state index in [0.29, 0.717) is 34.5 Å². The number of ketones is 2. The van der Waals surface area contributed by atoms with Gasteiger partial charge in [-0.3, -0.25) is 107 Å². The number of hydrogen-bond acceptors (Lipinski definition) is 28. The number of ether oxygens (including phenoxy) is 3. The summed E-state index contributed by atoms with van der Waals surface area (Å²) < 4.78 is 22.7. The van der Waals surface area contributed by atoms with Gasteiger partial charge in [0.1, 0.15) is 36.0 Å². The molecule has 13 heterocycles. The summed E-state index contributed by atoms with van der Waals surface area (Å²) in [7, 11) is 0. The van der Waals surface area contributed by atoms with Crippen LogP contribution in [0.5, 0.6) is 5.75 Å². The molecule has 8 unspecified atom stereocenters. The maximum atomic E-state index is 14.7. The quantitative estimate of drug-likeness (QED) is 0.00823. The number of alkyl halides is 1. The minimum atomic E-state index is -1.57. The smallest absolute Gasteiger partial charge is 1.00 e. The van der Waals surface area contributed by atoms with Crippen LogP contribution in [0.15, 0.2) is 88.4 Å². The van der Waals surface area contributed by atoms with Crippen molar-refractivity contribution in [3.8, 4) is 5.75 Å². The van der Waals surface area contributed by atoms with Crippen LogP contribution >= 0.6 is 27.7 Å². The average molecular weight is 1910 g/mol. The van der Waals surface area contributed by atoms with Crippen molar-refractivity contribution in [2.75, 3.05) is 57.0 Å². The number of nitrogens with one attached hydrogen (secondary N) is 8. The number of imide groups is 4. The summed E-state index contributed by atoms with van der Waals surface area (Å²) in [5.74, 6) is -13.8. The number of nitrogens with two attached hydrogens (primary N) is 1. The summed E-state index contributed by atoms with van der Waals surface area (Å²) in [4.78, 5) is 236. The normalized spacial score (nSPS) is 29.5. The molecular weight excluding hydrogens is 1800 g/mol. The number of rotatable bonds is 18. The van der Waals surface area contributed by atoms with E-state index in [4.69, 9.17) is 34.4 Å². The number of aromatic amines is 1. The van der Waals surface area contributed by atoms with Crippen molar-refractivity contribution in [2.24, 2.45) is 53.1 Å². The molecular formula is C84H109BrK2N12O27S. The number of amides is 15. The number of fused-ring (bicyclic) bond motifs is 15. The molecule has 6 bridgehead atoms. The summed E-state index contributed by atoms with van der Waals surface area (Å²) in [6.45, 7) is 13.9. The van der Waals surface area contributed by atoms with E-state index in [1.807, 2.05) is 83.3 Å². The number of hydrogen-bond donors (Lipinski definition) is 12. The third-order valence-electron chi connectivity index (χ3n) is 23.7. The standard InChI is InChI=1S/C47H61N9O15S.C16H22BrNO3.C10H11NO3.C6H8O.C4H3NO2.CH2O3.2K.H2.H/c1-4-22(2)42-45(69)50-17-38(63)51-32-21-72-46-29(27-6-5-26(14-30(27)53-46)71-10-9-55-40(65)7-8-41(55)66)15-31(44(68)49-18-39(64)54-42)52-43(67)28(23(3)36(61)20-57)16-35(60)33-13-25(58)19-56(33)47(70)24(11-34(32)59)12-37(48)62;1-15-7-8-16(2,21-15)12-11(15)13(19)18(14(12)20)10-6-4-3-5-9-17;1-9-3-4-10(2,14-9)6-5(9)7(12)11-8(6)13;1-5-3-4-6(2)7-5;6-3-1-2-4(7)5-3;2-1-4-3;;;;/h5-8,14,22-25,28,31-33,36,42,53,57-58,61H,4,9-13,15-21H2,1-3H3,(H2,48,62)(H,49,68)(H,50,69)(H,51,63)(H,52,67)(H,54,64);7-8,11-12H,3-6,9-10H2,1-2H3;3-6H,1-2H3,(H,11,12,13);3-4H,1-2H3;1-2H,(H,5,6,7);1,3H;;;1H;/q;;;;;;2*+1;;-1/p-1/t22-,23+,24-,25+,28-,31-,32-,33-,36-,42-;;;;;;;;;/m0........./s1/i;;;;;;;;1+1;. The number of Topliss-reactive ketones (excluding diaryl/α,β-unsaturated/α-hetero) is 2. The maximum Gasteiger partial charge on any atom is 1.00 e. The molecule has 39 nitrogen and oxygen atoms in total. The number of H-pyrrole nitrogens is 1. The van der Waals surface area contributed by atoms with E-state index >= 15 is 0 Å². The number of benzene rings is 1. The summed E-state index contributed by atoms with van der Waals surface area (Å²) in [5.41, 5.74) is 3.98. The third kappa shape index (κ3) is 26.2. The van der Waals surface area contributed by atoms with Gasteiger partial charge < -0.3 is 87.7 Å². The second-order valence-electron chi connectivity index (χ2n) is 32.9. The topological polar surface area (TPSA) is 577 Å². The average Bonchev–Trinajstić information content (AvgIpc) is 1.52. The van der Waals surface area contributed by atoms with Crippen LogP contribution in [0, 0.1) is 61.2 Å². The van der Waals surface area contributed by atoms with Gasteiger partial charge in [-0.05, 0) is 96.0 Å². The van der Waals surface area contributed by atoms with Gasteiger partial charge in [0.05, 0.1) is 113 Å². The second kappa shape index (κ2) is 46.9. The molecule has 5 saturated heterocycles. The van der Waals surface area contributed by atoms with Crippen LogP contribution in [0.4, 0.5) is 0 Å². The zero-order chi connectivity index (χ0) is 91.9. The first kappa shape index (κ1) is 106. The first-order valence-electron chi connectivity index (χ1n) is 40.9. The Morgan fingerprint density at radius 2 is 1.24 bits per heavy atom. The fourth-order valence-electron chi connectivity index (χ4n) is 17.0. The number of unbranched alkanes of at least 4 members (excludes halogenated alkanes) is 3. The Bertz CT molecular complexity index is 4720. The molecule has 127 heavy (non-hydrogen) atoms. The van der Waals surface area contributed by atoms with Crippen molar-refractivity contribution < 1.29 is 236 Å². The first-order chi connectivity index (χ1) is 59.1. The predicted molar refractivity (Wildman–Crippen MR) is 445 cm³/mol. The van der Waals surface area contributed by atoms with Crippen molar-refractivity contribution in [1.29, 1.82) is 0 Å². The molecule has 3 aromatic rings. The van der Waals surface area contributed by atoms with Gasteiger partial charge in [0, 0.05) is 99.4 Å². The van der Waals surface area contributed by atoms with Gasteiger partial charge in [0.15, 0.2) is 11.6 Å². The van der Waals surface area contributed by atoms with Gasteiger partial charge in [-0.25, -0.2) is 0 Å². The summed E-state index contributed by atoms with van der Waals surface area (Å²) >= 11 is 4.40. The summed E-state index contributed by atoms with van der Waals surface area (Å²) in [6.07, 6.45) is 11.5. The second-order valence-corrected chi connectivity index (χ2v) is 34.7. The number of furan rings is 1. The van der Waals surface area contributed by atoms with Crippen molar-refractivity contribution in [1.82, 2.24) is 56.9 Å². The molecule has 15 amide bonds. The Labute approximate surface area is 831 Å². The number of nitrogens with zero attached hydrogens (tertiary/aromatic N) is 3. The van der Waals surface area contributed by atoms with Crippen LogP contribution < -0.4 is 156 Å². The van der Waals surface area contributed by atoms with Gasteiger partial charge in [-0.15, -0.1) is 11.8 Å². The zero-order valence-electron chi connectivity index (χ0n) is 73.4. The fraction of sp³-hybridized carbons (Fsp3) is 0.548. The Morgan fingerprint density at radius 3 is 1.76 bits per heavy atom. The van der Waals surface area contributed by atoms with Gasteiger partial charge in [0.2, 0.25) is 65.0 Å². The Hall–Kier alpha value is -7.68. The minimum absolute atomic E-state index is 0. The summed E-state index contributed by atoms with van der Waals surface area (Å²) in [6, 6.07) is 3.08. The monoisotopic (exact) mass is 1910 g/mol. The predicted octanol–water partition coefficient (Wildman–Crippen LogP) is -6.61. The van der Waals surface area contributed by atoms with E-state index in [1.165, 1.54) is 24.0 Å². The SMILES string of the molecule is CC12C=CC(C)(O1)C1C(=O)N(CCCCCCBr)C(=O)C12.CC12C=CC(C)(O1)C1C(=O)NC(=O)C12.CC[C@H](C)[C@@H]1NC(=O)CNC(=O)[C@@H]2Cc3c([nH]c4cc(OCCN5C(=O)C=CC5=O)ccc34)SC[C@H](NC(=O)CNC1=O)C(=O)C[C@@H](CC(N)=O)C(=O)N1C[C@H](O)C[C@H]1C(=O)C[C@@H]([C@@H](C)[C@@H](O)CO)C(=O)N2.Cc1ccc(C)o1.O=C1C=CC(=O)N1.O=CO[O-].[2HH].[H-].[K+].[K+]. The van der Waals surface area contributed by atoms with Crippen molar-refractivity contribution in [3.63, 3.8) is 0 Å². The fourth-order valence-corrected chi connectivity index (χ4v) is 18.6. The van der Waals surface area contributed by atoms with Crippen molar-refractivity contribution >= 4 is 145 Å². The van der Waals surface area contributed by atoms with Crippen molar-refractivity contribution in [2.45, 2.75) is 190 Å². The van der Waals surface area contributed by atoms with Crippen LogP contribution in [0.2, 0.25) is 0 Å². The third-order valence-corrected chi connectivity index (χ3v) is 25.4. The Balaban J connectivity index is 0.000000408. The number of primary amides is 1. The van der Waals surface area contributed by atoms with E-state index in [0.717, 1.165) is 76.2 Å². The van der Waals surface area contributed by atoms with E-state index in [-0.39, 0.29) is 209 Å². The van der Waals surface area contributed by atoms with Crippen LogP contribution in [0.3, 0.4) is 0 Å². The largest absolute Gasteiger partial charge is 1.00 e. The molecule has 0 radical (unpaired) electrons. The molecule has 14 rings (SSSR count). The van der Waals surface area contributed by atoms with E-state index < -0.39 is 193 Å². The van der Waals surface area contributed by atoms with Crippen LogP contribution in [-0.4, -0.2) is 257 Å². The number of aliphatic hydroxyl groups excluding tert-OH is 3. The minimum Gasteiger partial charge on any atom is -1.00 e. The molecule has 13 N–H and O–H groups in total. The zero-order valence-corrected chi connectivity index (χ0v) is 81.1. The number of aliphatic hydroxyl groups is 3. The number of likely N-dealkylation sites (tertiary alicyclic amines) is 1. The molecule has 0 aliphatic carbocycles.